The van der Waals surface area contributed by atoms with E-state index in [1.807, 2.05) is 0 Å². The fourth-order valence-electron chi connectivity index (χ4n) is 3.64. The van der Waals surface area contributed by atoms with Crippen LogP contribution in [0.5, 0.6) is 5.75 Å². The molecule has 30 heavy (non-hydrogen) atoms. The molecule has 0 amide bonds. The normalized spacial score (nSPS) is 44.7. The summed E-state index contributed by atoms with van der Waals surface area (Å²) < 4.78 is 16.0. The summed E-state index contributed by atoms with van der Waals surface area (Å²) in [7, 11) is 0. The van der Waals surface area contributed by atoms with Crippen LogP contribution in [0.1, 0.15) is 5.56 Å². The first-order valence-electron chi connectivity index (χ1n) is 9.27. The molecule has 2 aliphatic heterocycles. The molecule has 0 aliphatic carbocycles. The van der Waals surface area contributed by atoms with Crippen LogP contribution in [0.3, 0.4) is 0 Å². The number of benzene rings is 1. The van der Waals surface area contributed by atoms with Crippen molar-refractivity contribution in [3.05, 3.63) is 29.8 Å². The van der Waals surface area contributed by atoms with Crippen molar-refractivity contribution in [2.75, 3.05) is 13.2 Å². The Morgan fingerprint density at radius 2 is 1.50 bits per heavy atom. The number of aromatic hydroxyl groups is 1. The minimum Gasteiger partial charge on any atom is -0.507 e. The number of phenols is 1. The monoisotopic (exact) mass is 434 g/mol. The molecule has 170 valence electrons. The molecule has 0 spiro atoms. The zero-order chi connectivity index (χ0) is 22.2. The van der Waals surface area contributed by atoms with E-state index in [4.69, 9.17) is 14.2 Å². The van der Waals surface area contributed by atoms with E-state index in [2.05, 4.69) is 0 Å². The van der Waals surface area contributed by atoms with Gasteiger partial charge in [0.25, 0.3) is 0 Å². The van der Waals surface area contributed by atoms with Crippen LogP contribution in [-0.2, 0) is 20.0 Å². The molecule has 0 saturated carbocycles. The minimum absolute atomic E-state index is 0.263. The number of rotatable bonds is 5. The van der Waals surface area contributed by atoms with Crippen LogP contribution >= 0.6 is 0 Å². The van der Waals surface area contributed by atoms with Crippen LogP contribution in [0.15, 0.2) is 24.3 Å². The van der Waals surface area contributed by atoms with Crippen LogP contribution < -0.4 is 0 Å². The molecule has 9 N–H and O–H groups in total. The van der Waals surface area contributed by atoms with E-state index in [1.165, 1.54) is 24.3 Å². The van der Waals surface area contributed by atoms with Gasteiger partial charge in [-0.2, -0.15) is 0 Å². The summed E-state index contributed by atoms with van der Waals surface area (Å²) in [6.07, 6.45) is -15.2. The molecular formula is C18H26O12. The molecule has 2 saturated heterocycles. The summed E-state index contributed by atoms with van der Waals surface area (Å²) in [6.45, 7) is -1.53. The molecule has 10 atom stereocenters. The van der Waals surface area contributed by atoms with Crippen molar-refractivity contribution in [3.8, 4) is 5.75 Å². The molecular weight excluding hydrogens is 408 g/mol. The van der Waals surface area contributed by atoms with Gasteiger partial charge >= 0.3 is 0 Å². The largest absolute Gasteiger partial charge is 0.507 e. The topological polar surface area (TPSA) is 210 Å². The molecule has 2 heterocycles. The smallest absolute Gasteiger partial charge is 0.226 e. The Labute approximate surface area is 170 Å². The van der Waals surface area contributed by atoms with E-state index < -0.39 is 79.9 Å². The molecule has 2 aliphatic rings. The Bertz CT molecular complexity index is 714. The molecule has 12 nitrogen and oxygen atoms in total. The first kappa shape index (κ1) is 23.2. The van der Waals surface area contributed by atoms with Gasteiger partial charge in [0, 0.05) is 0 Å². The number of phenolic OH excluding ortho intramolecular Hbond substituents is 1. The quantitative estimate of drug-likeness (QED) is 0.216. The van der Waals surface area contributed by atoms with Crippen LogP contribution in [0.2, 0.25) is 0 Å². The highest BCUT2D eigenvalue weighted by molar-refractivity contribution is 5.37. The number of ether oxygens (including phenoxy) is 3. The van der Waals surface area contributed by atoms with Gasteiger partial charge in [-0.05, 0) is 12.1 Å². The van der Waals surface area contributed by atoms with Gasteiger partial charge in [0.1, 0.15) is 54.6 Å². The third-order valence-electron chi connectivity index (χ3n) is 5.37. The second-order valence-electron chi connectivity index (χ2n) is 7.29. The summed E-state index contributed by atoms with van der Waals surface area (Å²) in [6, 6.07) is 5.38. The highest BCUT2D eigenvalue weighted by atomic mass is 16.7. The number of aliphatic hydroxyl groups excluding tert-OH is 7. The Morgan fingerprint density at radius 3 is 2.10 bits per heavy atom. The third-order valence-corrected chi connectivity index (χ3v) is 5.37. The highest BCUT2D eigenvalue weighted by Gasteiger charge is 2.57. The molecule has 0 aromatic heterocycles. The Kier molecular flexibility index (Phi) is 6.96. The van der Waals surface area contributed by atoms with E-state index >= 15 is 0 Å². The number of hydrogen-bond donors (Lipinski definition) is 9. The highest BCUT2D eigenvalue weighted by Crippen LogP contribution is 2.41. The van der Waals surface area contributed by atoms with Crippen molar-refractivity contribution in [2.45, 2.75) is 60.9 Å². The zero-order valence-electron chi connectivity index (χ0n) is 15.7. The lowest BCUT2D eigenvalue weighted by Crippen LogP contribution is -2.67. The van der Waals surface area contributed by atoms with Crippen molar-refractivity contribution in [2.24, 2.45) is 0 Å². The van der Waals surface area contributed by atoms with Crippen LogP contribution in [0.25, 0.3) is 0 Å². The SMILES string of the molecule is OC[C@H]1O[C@@H](O[C@H]2[C@H](O)[C@@H](O)C(O)(c3ccccc3O)O[C@@H]2CO)[C@H](O)[C@@H](O)[C@H]1O. The van der Waals surface area contributed by atoms with E-state index in [9.17, 15) is 46.0 Å². The molecule has 1 aromatic carbocycles. The minimum atomic E-state index is -2.60. The van der Waals surface area contributed by atoms with Gasteiger partial charge in [-0.25, -0.2) is 0 Å². The van der Waals surface area contributed by atoms with Gasteiger partial charge in [0.2, 0.25) is 5.79 Å². The van der Waals surface area contributed by atoms with Gasteiger partial charge in [-0.15, -0.1) is 0 Å². The Balaban J connectivity index is 1.85. The van der Waals surface area contributed by atoms with Gasteiger partial charge in [-0.1, -0.05) is 12.1 Å². The molecule has 0 bridgehead atoms. The summed E-state index contributed by atoms with van der Waals surface area (Å²) in [5, 5.41) is 90.7. The van der Waals surface area contributed by atoms with E-state index in [0.29, 0.717) is 0 Å². The molecule has 1 aromatic rings. The van der Waals surface area contributed by atoms with Gasteiger partial charge in [0.05, 0.1) is 18.8 Å². The summed E-state index contributed by atoms with van der Waals surface area (Å²) in [5.74, 6) is -3.04. The van der Waals surface area contributed by atoms with Gasteiger partial charge in [0.15, 0.2) is 6.29 Å². The standard InChI is InChI=1S/C18H26O12/c19-5-9-11(22)12(23)13(24)17(28-9)29-15-10(6-20)30-18(27,16(26)14(15)25)7-3-1-2-4-8(7)21/h1-4,9-17,19-27H,5-6H2/t9-,10-,11+,12+,13-,14+,15-,16-,17+,18?/m1/s1. The summed E-state index contributed by atoms with van der Waals surface area (Å²) in [4.78, 5) is 0. The lowest BCUT2D eigenvalue weighted by molar-refractivity contribution is -0.389. The number of hydrogen-bond acceptors (Lipinski definition) is 12. The van der Waals surface area contributed by atoms with Gasteiger partial charge < -0.3 is 60.2 Å². The maximum atomic E-state index is 10.9. The number of para-hydroxylation sites is 1. The molecule has 2 fully saturated rings. The fourth-order valence-corrected chi connectivity index (χ4v) is 3.64. The van der Waals surface area contributed by atoms with Crippen molar-refractivity contribution in [1.29, 1.82) is 0 Å². The van der Waals surface area contributed by atoms with Crippen molar-refractivity contribution in [1.82, 2.24) is 0 Å². The van der Waals surface area contributed by atoms with Crippen LogP contribution in [-0.4, -0.2) is 114 Å². The van der Waals surface area contributed by atoms with E-state index in [0.717, 1.165) is 0 Å². The average Bonchev–Trinajstić information content (AvgIpc) is 2.74. The average molecular weight is 434 g/mol. The summed E-state index contributed by atoms with van der Waals surface area (Å²) in [5.41, 5.74) is -0.263. The summed E-state index contributed by atoms with van der Waals surface area (Å²) >= 11 is 0. The maximum absolute atomic E-state index is 10.9. The lowest BCUT2D eigenvalue weighted by Gasteiger charge is -2.49. The molecule has 3 rings (SSSR count). The first-order valence-corrected chi connectivity index (χ1v) is 9.27. The fraction of sp³-hybridized carbons (Fsp3) is 0.667. The predicted octanol–water partition coefficient (Wildman–Crippen LogP) is -4.16. The zero-order valence-corrected chi connectivity index (χ0v) is 15.7. The van der Waals surface area contributed by atoms with E-state index in [1.54, 1.807) is 0 Å². The van der Waals surface area contributed by atoms with Crippen LogP contribution in [0.4, 0.5) is 0 Å². The van der Waals surface area contributed by atoms with Crippen molar-refractivity contribution in [3.63, 3.8) is 0 Å². The Hall–Kier alpha value is -1.42. The van der Waals surface area contributed by atoms with Crippen LogP contribution in [0, 0.1) is 0 Å². The molecule has 1 unspecified atom stereocenters. The van der Waals surface area contributed by atoms with Crippen molar-refractivity contribution >= 4 is 0 Å². The third kappa shape index (κ3) is 3.92. The second-order valence-corrected chi connectivity index (χ2v) is 7.29. The predicted molar refractivity (Wildman–Crippen MR) is 94.6 cm³/mol. The number of aliphatic hydroxyl groups is 8. The van der Waals surface area contributed by atoms with E-state index in [-0.39, 0.29) is 5.56 Å². The van der Waals surface area contributed by atoms with Crippen molar-refractivity contribution < 1.29 is 60.2 Å². The molecule has 12 heteroatoms. The first-order chi connectivity index (χ1) is 14.2. The molecule has 0 radical (unpaired) electrons. The lowest BCUT2D eigenvalue weighted by atomic mass is 9.87. The Morgan fingerprint density at radius 1 is 0.867 bits per heavy atom. The maximum Gasteiger partial charge on any atom is 0.226 e. The van der Waals surface area contributed by atoms with Gasteiger partial charge in [-0.3, -0.25) is 0 Å². The second kappa shape index (κ2) is 8.98.